The summed E-state index contributed by atoms with van der Waals surface area (Å²) in [6.45, 7) is 5.39. The molecule has 1 aromatic heterocycles. The summed E-state index contributed by atoms with van der Waals surface area (Å²) < 4.78 is 0. The highest BCUT2D eigenvalue weighted by Crippen LogP contribution is 2.25. The first-order valence-electron chi connectivity index (χ1n) is 4.65. The fourth-order valence-electron chi connectivity index (χ4n) is 1.23. The Morgan fingerprint density at radius 3 is 2.44 bits per heavy atom. The van der Waals surface area contributed by atoms with Crippen molar-refractivity contribution in [1.82, 2.24) is 10.2 Å². The van der Waals surface area contributed by atoms with Crippen molar-refractivity contribution in [3.8, 4) is 0 Å². The molecule has 3 N–H and O–H groups in total. The van der Waals surface area contributed by atoms with Crippen molar-refractivity contribution in [1.29, 1.82) is 0 Å². The number of rotatable bonds is 3. The number of hydrogen-bond donors (Lipinski definition) is 3. The lowest BCUT2D eigenvalue weighted by molar-refractivity contribution is -0.138. The van der Waals surface area contributed by atoms with E-state index >= 15 is 0 Å². The van der Waals surface area contributed by atoms with E-state index < -0.39 is 11.4 Å². The van der Waals surface area contributed by atoms with Gasteiger partial charge in [0.05, 0.1) is 12.1 Å². The molecule has 16 heavy (non-hydrogen) atoms. The summed E-state index contributed by atoms with van der Waals surface area (Å²) in [7, 11) is 0. The Balaban J connectivity index is 0.000000673. The van der Waals surface area contributed by atoms with Gasteiger partial charge in [-0.15, -0.1) is 0 Å². The highest BCUT2D eigenvalue weighted by molar-refractivity contribution is 5.68. The van der Waals surface area contributed by atoms with Crippen molar-refractivity contribution in [3.63, 3.8) is 0 Å². The zero-order chi connectivity index (χ0) is 12.8. The van der Waals surface area contributed by atoms with Gasteiger partial charge in [-0.05, 0) is 13.0 Å². The van der Waals surface area contributed by atoms with Crippen LogP contribution in [0.5, 0.6) is 0 Å². The fourth-order valence-corrected chi connectivity index (χ4v) is 1.23. The molecule has 6 nitrogen and oxygen atoms in total. The molecular weight excluding hydrogens is 212 g/mol. The molecule has 90 valence electrons. The van der Waals surface area contributed by atoms with Crippen LogP contribution in [0.15, 0.2) is 6.07 Å². The number of nitrogens with one attached hydrogen (secondary N) is 1. The second-order valence-electron chi connectivity index (χ2n) is 4.00. The lowest BCUT2D eigenvalue weighted by Gasteiger charge is -2.18. The summed E-state index contributed by atoms with van der Waals surface area (Å²) in [4.78, 5) is 18.9. The molecule has 1 aromatic rings. The van der Waals surface area contributed by atoms with E-state index in [0.717, 1.165) is 11.4 Å². The lowest BCUT2D eigenvalue weighted by Crippen LogP contribution is -2.22. The minimum atomic E-state index is -0.800. The molecule has 0 unspecified atom stereocenters. The van der Waals surface area contributed by atoms with E-state index in [2.05, 4.69) is 10.2 Å². The first-order chi connectivity index (χ1) is 7.33. The minimum Gasteiger partial charge on any atom is -0.483 e. The van der Waals surface area contributed by atoms with Gasteiger partial charge in [0.15, 0.2) is 0 Å². The number of carbonyl (C=O) groups is 2. The van der Waals surface area contributed by atoms with E-state index in [1.807, 2.05) is 26.8 Å². The Bertz CT molecular complexity index is 357. The van der Waals surface area contributed by atoms with Crippen LogP contribution in [-0.2, 0) is 15.0 Å². The zero-order valence-corrected chi connectivity index (χ0v) is 9.52. The average molecular weight is 228 g/mol. The third-order valence-electron chi connectivity index (χ3n) is 1.99. The van der Waals surface area contributed by atoms with E-state index in [0.29, 0.717) is 0 Å². The SMILES string of the molecule is Cc1cc(C(C)(C)CC(=O)O)n[nH]1.O=CO. The van der Waals surface area contributed by atoms with E-state index in [4.69, 9.17) is 15.0 Å². The molecule has 0 aliphatic rings. The van der Waals surface area contributed by atoms with Gasteiger partial charge in [0.25, 0.3) is 6.47 Å². The van der Waals surface area contributed by atoms with Crippen LogP contribution in [-0.4, -0.2) is 32.9 Å². The van der Waals surface area contributed by atoms with Crippen LogP contribution in [0.1, 0.15) is 31.7 Å². The molecule has 0 spiro atoms. The Morgan fingerprint density at radius 1 is 1.62 bits per heavy atom. The van der Waals surface area contributed by atoms with Crippen molar-refractivity contribution in [3.05, 3.63) is 17.5 Å². The number of hydrogen-bond acceptors (Lipinski definition) is 3. The largest absolute Gasteiger partial charge is 0.483 e. The standard InChI is InChI=1S/C9H14N2O2.CH2O2/c1-6-4-7(11-10-6)9(2,3)5-8(12)13;2-1-3/h4H,5H2,1-3H3,(H,10,11)(H,12,13);1H,(H,2,3). The third-order valence-corrected chi connectivity index (χ3v) is 1.99. The van der Waals surface area contributed by atoms with Crippen molar-refractivity contribution in [2.75, 3.05) is 0 Å². The average Bonchev–Trinajstić information content (AvgIpc) is 2.51. The van der Waals surface area contributed by atoms with E-state index in [1.165, 1.54) is 0 Å². The lowest BCUT2D eigenvalue weighted by atomic mass is 9.86. The van der Waals surface area contributed by atoms with E-state index in [9.17, 15) is 4.79 Å². The molecule has 0 amide bonds. The van der Waals surface area contributed by atoms with E-state index in [1.54, 1.807) is 0 Å². The Morgan fingerprint density at radius 2 is 2.12 bits per heavy atom. The second kappa shape index (κ2) is 5.89. The van der Waals surface area contributed by atoms with Crippen LogP contribution < -0.4 is 0 Å². The first-order valence-corrected chi connectivity index (χ1v) is 4.65. The van der Waals surface area contributed by atoms with Gasteiger partial charge in [-0.3, -0.25) is 14.7 Å². The smallest absolute Gasteiger partial charge is 0.304 e. The normalized spacial score (nSPS) is 10.2. The van der Waals surface area contributed by atoms with Crippen LogP contribution in [0.4, 0.5) is 0 Å². The molecule has 1 rings (SSSR count). The summed E-state index contributed by atoms with van der Waals surface area (Å²) in [6, 6.07) is 1.88. The molecular formula is C10H16N2O4. The second-order valence-corrected chi connectivity index (χ2v) is 4.00. The quantitative estimate of drug-likeness (QED) is 0.674. The van der Waals surface area contributed by atoms with Crippen LogP contribution >= 0.6 is 0 Å². The molecule has 0 saturated carbocycles. The molecule has 0 aliphatic heterocycles. The number of carboxylic acids is 1. The molecule has 0 radical (unpaired) electrons. The molecule has 0 saturated heterocycles. The molecule has 0 aromatic carbocycles. The van der Waals surface area contributed by atoms with Crippen molar-refractivity contribution >= 4 is 12.4 Å². The topological polar surface area (TPSA) is 103 Å². The molecule has 1 heterocycles. The Hall–Kier alpha value is -1.85. The van der Waals surface area contributed by atoms with Gasteiger partial charge in [0.2, 0.25) is 0 Å². The summed E-state index contributed by atoms with van der Waals surface area (Å²) in [5.74, 6) is -0.800. The van der Waals surface area contributed by atoms with Gasteiger partial charge < -0.3 is 10.2 Å². The molecule has 0 fully saturated rings. The number of aromatic nitrogens is 2. The van der Waals surface area contributed by atoms with Gasteiger partial charge in [0, 0.05) is 11.1 Å². The maximum atomic E-state index is 10.6. The van der Waals surface area contributed by atoms with Crippen molar-refractivity contribution in [2.45, 2.75) is 32.6 Å². The zero-order valence-electron chi connectivity index (χ0n) is 9.52. The van der Waals surface area contributed by atoms with Crippen LogP contribution in [0.25, 0.3) is 0 Å². The van der Waals surface area contributed by atoms with Gasteiger partial charge in [-0.2, -0.15) is 5.10 Å². The number of aryl methyl sites for hydroxylation is 1. The van der Waals surface area contributed by atoms with Crippen LogP contribution in [0.3, 0.4) is 0 Å². The predicted molar refractivity (Wildman–Crippen MR) is 57.3 cm³/mol. The Kier molecular flexibility index (Phi) is 5.21. The van der Waals surface area contributed by atoms with Crippen LogP contribution in [0, 0.1) is 6.92 Å². The number of H-pyrrole nitrogens is 1. The molecule has 0 bridgehead atoms. The molecule has 0 aliphatic carbocycles. The summed E-state index contributed by atoms with van der Waals surface area (Å²) in [6.07, 6.45) is 0.0945. The van der Waals surface area contributed by atoms with Crippen molar-refractivity contribution < 1.29 is 19.8 Å². The maximum Gasteiger partial charge on any atom is 0.304 e. The summed E-state index contributed by atoms with van der Waals surface area (Å²) in [5.41, 5.74) is 1.34. The predicted octanol–water partition coefficient (Wildman–Crippen LogP) is 1.17. The maximum absolute atomic E-state index is 10.6. The van der Waals surface area contributed by atoms with Gasteiger partial charge in [-0.1, -0.05) is 13.8 Å². The van der Waals surface area contributed by atoms with Gasteiger partial charge in [-0.25, -0.2) is 0 Å². The van der Waals surface area contributed by atoms with Crippen molar-refractivity contribution in [2.24, 2.45) is 0 Å². The molecule has 6 heteroatoms. The summed E-state index contributed by atoms with van der Waals surface area (Å²) >= 11 is 0. The fraction of sp³-hybridized carbons (Fsp3) is 0.500. The van der Waals surface area contributed by atoms with E-state index in [-0.39, 0.29) is 12.9 Å². The number of carboxylic acid groups (broad SMARTS) is 2. The van der Waals surface area contributed by atoms with Gasteiger partial charge in [0.1, 0.15) is 0 Å². The highest BCUT2D eigenvalue weighted by Gasteiger charge is 2.26. The van der Waals surface area contributed by atoms with Crippen LogP contribution in [0.2, 0.25) is 0 Å². The highest BCUT2D eigenvalue weighted by atomic mass is 16.4. The Labute approximate surface area is 93.3 Å². The third kappa shape index (κ3) is 4.59. The van der Waals surface area contributed by atoms with Gasteiger partial charge >= 0.3 is 5.97 Å². The summed E-state index contributed by atoms with van der Waals surface area (Å²) in [5, 5.41) is 22.4. The molecule has 0 atom stereocenters. The number of aliphatic carboxylic acids is 1. The number of aromatic amines is 1. The first kappa shape index (κ1) is 14.2. The monoisotopic (exact) mass is 228 g/mol. The number of nitrogens with zero attached hydrogens (tertiary/aromatic N) is 1. The minimum absolute atomic E-state index is 0.0945.